The Labute approximate surface area is 543 Å². The topological polar surface area (TPSA) is 290 Å². The number of urea groups is 2. The Kier molecular flexibility index (Phi) is 21.1. The lowest BCUT2D eigenvalue weighted by Crippen LogP contribution is -2.32. The van der Waals surface area contributed by atoms with E-state index in [1.807, 2.05) is 6.92 Å². The summed E-state index contributed by atoms with van der Waals surface area (Å²) in [4.78, 5) is 87.6. The number of alkyl halides is 2. The molecule has 2 aliphatic rings. The number of rotatable bonds is 17. The minimum Gasteiger partial charge on any atom is -0.364 e. The summed E-state index contributed by atoms with van der Waals surface area (Å²) in [5.41, 5.74) is 5.14. The van der Waals surface area contributed by atoms with E-state index in [0.29, 0.717) is 77.9 Å². The van der Waals surface area contributed by atoms with Crippen molar-refractivity contribution >= 4 is 109 Å². The predicted octanol–water partition coefficient (Wildman–Crippen LogP) is 14.1. The Balaban J connectivity index is 0.000000174. The van der Waals surface area contributed by atoms with E-state index >= 15 is 4.39 Å². The maximum absolute atomic E-state index is 15.5. The van der Waals surface area contributed by atoms with E-state index < -0.39 is 59.5 Å². The molecule has 0 radical (unpaired) electrons. The third-order valence-electron chi connectivity index (χ3n) is 15.9. The lowest BCUT2D eigenvalue weighted by molar-refractivity contribution is -0.130. The first-order valence-corrected chi connectivity index (χ1v) is 30.3. The molecule has 6 atom stereocenters. The van der Waals surface area contributed by atoms with Gasteiger partial charge in [0.05, 0.1) is 41.4 Å². The number of nitrogens with zero attached hydrogens (tertiary/aromatic N) is 5. The number of amides is 6. The number of benzene rings is 6. The minimum atomic E-state index is -1.42. The molecular weight excluding hydrogens is 1260 g/mol. The van der Waals surface area contributed by atoms with Gasteiger partial charge in [-0.1, -0.05) is 101 Å². The van der Waals surface area contributed by atoms with Gasteiger partial charge in [-0.2, -0.15) is 10.2 Å². The summed E-state index contributed by atoms with van der Waals surface area (Å²) in [6, 6.07) is 35.2. The van der Waals surface area contributed by atoms with Gasteiger partial charge in [0.15, 0.2) is 29.0 Å². The monoisotopic (exact) mass is 1320 g/mol. The fraction of sp³-hybridized carbons (Fsp3) is 0.239. The van der Waals surface area contributed by atoms with Gasteiger partial charge in [-0.05, 0) is 92.3 Å². The first kappa shape index (κ1) is 66.4. The van der Waals surface area contributed by atoms with Crippen LogP contribution in [0, 0.1) is 35.3 Å². The van der Waals surface area contributed by atoms with Gasteiger partial charge in [-0.15, -0.1) is 0 Å². The molecule has 7 N–H and O–H groups in total. The van der Waals surface area contributed by atoms with Gasteiger partial charge in [0, 0.05) is 92.3 Å². The number of hydrogen-bond donors (Lipinski definition) is 7. The van der Waals surface area contributed by atoms with E-state index in [1.165, 1.54) is 49.3 Å². The zero-order valence-corrected chi connectivity index (χ0v) is 52.0. The molecule has 2 aliphatic carbocycles. The quantitative estimate of drug-likeness (QED) is 0.0330. The number of carbonyl (C=O) groups excluding carboxylic acids is 7. The van der Waals surface area contributed by atoms with Gasteiger partial charge < -0.3 is 40.9 Å². The lowest BCUT2D eigenvalue weighted by atomic mass is 9.91. The fourth-order valence-corrected chi connectivity index (χ4v) is 11.7. The number of aromatic nitrogens is 6. The van der Waals surface area contributed by atoms with E-state index in [-0.39, 0.29) is 91.0 Å². The predicted molar refractivity (Wildman–Crippen MR) is 344 cm³/mol. The van der Waals surface area contributed by atoms with Crippen LogP contribution in [0.3, 0.4) is 0 Å². The Hall–Kier alpha value is -10.5. The Morgan fingerprint density at radius 1 is 0.564 bits per heavy atom. The van der Waals surface area contributed by atoms with Crippen LogP contribution in [0.25, 0.3) is 44.1 Å². The molecule has 0 spiro atoms. The number of fused-ring (bicyclic) bond motifs is 2. The number of ketones is 3. The number of aromatic amines is 1. The van der Waals surface area contributed by atoms with Crippen molar-refractivity contribution in [3.8, 4) is 22.3 Å². The van der Waals surface area contributed by atoms with Gasteiger partial charge >= 0.3 is 12.1 Å². The van der Waals surface area contributed by atoms with Crippen LogP contribution in [0.5, 0.6) is 0 Å². The van der Waals surface area contributed by atoms with Crippen molar-refractivity contribution in [2.24, 2.45) is 23.7 Å². The number of H-pyrrole nitrogens is 1. The smallest absolute Gasteiger partial charge is 0.319 e. The molecule has 1 unspecified atom stereocenters. The van der Waals surface area contributed by atoms with Crippen LogP contribution < -0.4 is 31.9 Å². The van der Waals surface area contributed by atoms with E-state index in [9.17, 15) is 46.7 Å². The summed E-state index contributed by atoms with van der Waals surface area (Å²) in [5, 5.41) is 36.1. The van der Waals surface area contributed by atoms with Crippen molar-refractivity contribution in [1.82, 2.24) is 40.9 Å². The molecule has 21 nitrogen and oxygen atoms in total. The summed E-state index contributed by atoms with van der Waals surface area (Å²) >= 11 is 12.4. The number of halogens is 6. The van der Waals surface area contributed by atoms with Gasteiger partial charge in [0.25, 0.3) is 0 Å². The molecule has 94 heavy (non-hydrogen) atoms. The second-order valence-electron chi connectivity index (χ2n) is 22.5. The average molecular weight is 1320 g/mol. The van der Waals surface area contributed by atoms with E-state index in [0.717, 1.165) is 5.52 Å². The van der Waals surface area contributed by atoms with Crippen molar-refractivity contribution in [2.75, 3.05) is 21.3 Å². The minimum absolute atomic E-state index is 0.0465. The molecule has 0 aliphatic heterocycles. The molecule has 4 heterocycles. The number of carbonyl (C=O) groups is 7. The summed E-state index contributed by atoms with van der Waals surface area (Å²) < 4.78 is 69.3. The number of anilines is 4. The highest BCUT2D eigenvalue weighted by molar-refractivity contribution is 6.33. The van der Waals surface area contributed by atoms with E-state index in [2.05, 4.69) is 62.0 Å². The molecule has 2 saturated carbocycles. The Morgan fingerprint density at radius 3 is 1.56 bits per heavy atom. The number of hydrogen-bond acceptors (Lipinski definition) is 13. The molecular formula is C67H60Cl2F4N12O9. The molecule has 2 fully saturated rings. The number of nitrogens with one attached hydrogen (secondary N) is 7. The van der Waals surface area contributed by atoms with Gasteiger partial charge in [0.2, 0.25) is 11.8 Å². The number of Topliss-reactive ketones (excluding diaryl/α,β-unsaturated/α-hetero) is 3. The van der Waals surface area contributed by atoms with Crippen LogP contribution in [0.2, 0.25) is 10.0 Å². The molecule has 4 aromatic heterocycles. The van der Waals surface area contributed by atoms with E-state index in [1.54, 1.807) is 115 Å². The van der Waals surface area contributed by atoms with Crippen LogP contribution in [0.1, 0.15) is 78.8 Å². The van der Waals surface area contributed by atoms with Gasteiger partial charge in [-0.3, -0.25) is 33.8 Å². The first-order chi connectivity index (χ1) is 45.2. The highest BCUT2D eigenvalue weighted by Gasteiger charge is 2.43. The van der Waals surface area contributed by atoms with Crippen LogP contribution in [0.4, 0.5) is 49.9 Å². The molecule has 484 valence electrons. The standard InChI is InChI=1S/C34H29ClF2N6O5.C19H18ClF2NO.C14H13N5O3/c1-18(44)32-26-15-20(39-34(47)38-16-21-11-12-48-42-21)9-10-29(26)43(41-32)17-30(45)24-13-19(36)14-25(24)33(46)40-28-8-4-6-23(31(28)37)22-5-2-3-7-27(22)35;1-11-9-12(21)10-15(11)19(24)23-17-8-4-6-14(18(17)22)13-5-2-3-7-16(13)20;1-8(20)13-11-6-9(2-3-12(11)17-18-13)16-14(21)15-7-10-4-5-22-19-10/h2-12,15,19,24-25H,13-14,16-17H2,1H3,(H,40,46)(H2,38,39,47);2-8,11-12,15H,9-10H2,1H3,(H,23,24);2-6H,7H2,1H3,(H,17,18)(H2,15,16,21)/t19-,24+,25-;11-,12+,15?;/m01./s1. The molecule has 0 bridgehead atoms. The largest absolute Gasteiger partial charge is 0.364 e. The van der Waals surface area contributed by atoms with Gasteiger partial charge in [-0.25, -0.2) is 27.2 Å². The molecule has 6 amide bonds. The summed E-state index contributed by atoms with van der Waals surface area (Å²) in [5.74, 6) is -5.79. The van der Waals surface area contributed by atoms with Crippen molar-refractivity contribution < 1.29 is 60.2 Å². The summed E-state index contributed by atoms with van der Waals surface area (Å²) in [7, 11) is 0. The maximum atomic E-state index is 15.5. The Bertz CT molecular complexity index is 4450. The zero-order valence-electron chi connectivity index (χ0n) is 50.4. The van der Waals surface area contributed by atoms with Crippen LogP contribution in [-0.4, -0.2) is 83.9 Å². The molecule has 10 aromatic rings. The summed E-state index contributed by atoms with van der Waals surface area (Å²) in [6.45, 7) is 4.67. The maximum Gasteiger partial charge on any atom is 0.319 e. The molecule has 12 rings (SSSR count). The van der Waals surface area contributed by atoms with Crippen LogP contribution in [0.15, 0.2) is 155 Å². The van der Waals surface area contributed by atoms with Crippen molar-refractivity contribution in [2.45, 2.75) is 78.4 Å². The van der Waals surface area contributed by atoms with E-state index in [4.69, 9.17) is 27.7 Å². The van der Waals surface area contributed by atoms with Crippen molar-refractivity contribution in [1.29, 1.82) is 0 Å². The summed E-state index contributed by atoms with van der Waals surface area (Å²) in [6.07, 6.45) is 0.617. The molecule has 27 heteroatoms. The highest BCUT2D eigenvalue weighted by atomic mass is 35.5. The zero-order chi connectivity index (χ0) is 66.7. The average Bonchev–Trinajstić information content (AvgIpc) is 1.58. The second kappa shape index (κ2) is 29.8. The molecule has 6 aromatic carbocycles. The highest BCUT2D eigenvalue weighted by Crippen LogP contribution is 2.40. The SMILES string of the molecule is CC(=O)c1n[nH]c2ccc(NC(=O)NCc3ccon3)cc12.CC(=O)c1nn(CC(=O)[C@@H]2C[C@H](F)C[C@@H]2C(=O)Nc2cccc(-c3ccccc3Cl)c2F)c2ccc(NC(=O)NCc3ccon3)cc12.C[C@@H]1C[C@H](F)CC1C(=O)Nc1cccc(-c2ccccc2Cl)c1F. The van der Waals surface area contributed by atoms with Gasteiger partial charge in [0.1, 0.15) is 54.2 Å². The Morgan fingerprint density at radius 2 is 1.05 bits per heavy atom. The second-order valence-corrected chi connectivity index (χ2v) is 23.3. The van der Waals surface area contributed by atoms with Crippen LogP contribution >= 0.6 is 23.2 Å². The van der Waals surface area contributed by atoms with Crippen molar-refractivity contribution in [3.63, 3.8) is 0 Å². The first-order valence-electron chi connectivity index (χ1n) is 29.6. The fourth-order valence-electron chi connectivity index (χ4n) is 11.3. The van der Waals surface area contributed by atoms with Crippen LogP contribution in [-0.2, 0) is 34.0 Å². The lowest BCUT2D eigenvalue weighted by Gasteiger charge is -2.19. The normalized spacial score (nSPS) is 17.2. The van der Waals surface area contributed by atoms with Crippen molar-refractivity contribution in [3.05, 3.63) is 190 Å². The molecule has 0 saturated heterocycles. The third-order valence-corrected chi connectivity index (χ3v) is 16.6. The third kappa shape index (κ3) is 15.8.